The number of carboxylic acid groups (broad SMARTS) is 1. The molecule has 42 heavy (non-hydrogen) atoms. The number of ether oxygens (including phenoxy) is 1. The lowest BCUT2D eigenvalue weighted by molar-refractivity contribution is -0.125. The molecule has 2 N–H and O–H groups in total. The van der Waals surface area contributed by atoms with Gasteiger partial charge in [0.05, 0.1) is 17.2 Å². The number of carbonyl (C=O) groups excluding carboxylic acids is 1. The molecular formula is C30H38N4O6S2. The van der Waals surface area contributed by atoms with Gasteiger partial charge in [-0.1, -0.05) is 74.9 Å². The number of aromatic nitrogens is 1. The van der Waals surface area contributed by atoms with Crippen molar-refractivity contribution in [1.29, 1.82) is 0 Å². The average molecular weight is 615 g/mol. The van der Waals surface area contributed by atoms with Gasteiger partial charge in [0.1, 0.15) is 10.9 Å². The van der Waals surface area contributed by atoms with Gasteiger partial charge in [0.15, 0.2) is 5.13 Å². The fourth-order valence-corrected chi connectivity index (χ4v) is 7.41. The van der Waals surface area contributed by atoms with E-state index in [1.165, 1.54) is 17.0 Å². The molecule has 0 unspecified atom stereocenters. The third-order valence-corrected chi connectivity index (χ3v) is 10.3. The fraction of sp³-hybridized carbons (Fsp3) is 0.433. The van der Waals surface area contributed by atoms with Crippen LogP contribution in [0.3, 0.4) is 0 Å². The molecule has 10 nitrogen and oxygen atoms in total. The SMILES string of the molecule is CCCc1ccc(S(=O)(=O)N2CCN(c3nc(COC)c(C(=O)O)s3)C[C@@H]2C(=O)NCc2ccc(C(C)C)cc2)cc1. The van der Waals surface area contributed by atoms with Gasteiger partial charge in [-0.3, -0.25) is 4.79 Å². The summed E-state index contributed by atoms with van der Waals surface area (Å²) in [5.41, 5.74) is 3.42. The van der Waals surface area contributed by atoms with Gasteiger partial charge >= 0.3 is 5.97 Å². The first-order valence-electron chi connectivity index (χ1n) is 14.0. The summed E-state index contributed by atoms with van der Waals surface area (Å²) in [6.45, 7) is 6.84. The molecule has 4 rings (SSSR count). The van der Waals surface area contributed by atoms with Gasteiger partial charge in [0.25, 0.3) is 0 Å². The Labute approximate surface area is 251 Å². The second-order valence-electron chi connectivity index (χ2n) is 10.6. The molecule has 1 fully saturated rings. The molecule has 0 saturated carbocycles. The summed E-state index contributed by atoms with van der Waals surface area (Å²) in [5.74, 6) is -1.17. The molecule has 2 aromatic carbocycles. The lowest BCUT2D eigenvalue weighted by Gasteiger charge is -2.39. The number of sulfonamides is 1. The number of hydrogen-bond acceptors (Lipinski definition) is 8. The number of piperazine rings is 1. The molecule has 3 aromatic rings. The zero-order chi connectivity index (χ0) is 30.4. The van der Waals surface area contributed by atoms with E-state index in [1.54, 1.807) is 17.0 Å². The maximum absolute atomic E-state index is 13.8. The lowest BCUT2D eigenvalue weighted by Crippen LogP contribution is -2.60. The number of nitrogens with one attached hydrogen (secondary N) is 1. The van der Waals surface area contributed by atoms with Gasteiger partial charge in [-0.25, -0.2) is 18.2 Å². The molecule has 1 saturated heterocycles. The molecule has 1 aliphatic rings. The lowest BCUT2D eigenvalue weighted by atomic mass is 10.0. The van der Waals surface area contributed by atoms with Crippen LogP contribution in [-0.2, 0) is 39.1 Å². The van der Waals surface area contributed by atoms with E-state index < -0.39 is 27.9 Å². The van der Waals surface area contributed by atoms with E-state index in [0.29, 0.717) is 11.0 Å². The van der Waals surface area contributed by atoms with Crippen molar-refractivity contribution in [3.63, 3.8) is 0 Å². The number of thiazole rings is 1. The molecule has 12 heteroatoms. The number of methoxy groups -OCH3 is 1. The van der Waals surface area contributed by atoms with Gasteiger partial charge in [-0.2, -0.15) is 4.31 Å². The number of nitrogens with zero attached hydrogens (tertiary/aromatic N) is 3. The molecule has 0 spiro atoms. The maximum Gasteiger partial charge on any atom is 0.347 e. The van der Waals surface area contributed by atoms with Crippen LogP contribution in [0.1, 0.15) is 65.2 Å². The Morgan fingerprint density at radius 1 is 1.10 bits per heavy atom. The minimum Gasteiger partial charge on any atom is -0.477 e. The van der Waals surface area contributed by atoms with Crippen LogP contribution in [-0.4, -0.2) is 67.5 Å². The van der Waals surface area contributed by atoms with Gasteiger partial charge < -0.3 is 20.1 Å². The number of aryl methyl sites for hydroxylation is 1. The van der Waals surface area contributed by atoms with Gasteiger partial charge in [0.2, 0.25) is 15.9 Å². The number of aromatic carboxylic acids is 1. The number of anilines is 1. The zero-order valence-electron chi connectivity index (χ0n) is 24.4. The minimum absolute atomic E-state index is 0.0181. The first kappa shape index (κ1) is 31.6. The van der Waals surface area contributed by atoms with Gasteiger partial charge in [-0.15, -0.1) is 0 Å². The van der Waals surface area contributed by atoms with Crippen LogP contribution < -0.4 is 10.2 Å². The van der Waals surface area contributed by atoms with Crippen LogP contribution in [0, 0.1) is 0 Å². The minimum atomic E-state index is -4.00. The smallest absolute Gasteiger partial charge is 0.347 e. The van der Waals surface area contributed by atoms with Crippen molar-refractivity contribution in [3.05, 3.63) is 75.8 Å². The third-order valence-electron chi connectivity index (χ3n) is 7.25. The van der Waals surface area contributed by atoms with Crippen molar-refractivity contribution in [2.24, 2.45) is 0 Å². The Hall–Kier alpha value is -3.32. The topological polar surface area (TPSA) is 129 Å². The van der Waals surface area contributed by atoms with Crippen LogP contribution in [0.4, 0.5) is 5.13 Å². The molecule has 226 valence electrons. The quantitative estimate of drug-likeness (QED) is 0.310. The molecular weight excluding hydrogens is 576 g/mol. The molecule has 1 aromatic heterocycles. The second kappa shape index (κ2) is 13.8. The van der Waals surface area contributed by atoms with Crippen LogP contribution in [0.5, 0.6) is 0 Å². The number of benzene rings is 2. The number of carbonyl (C=O) groups is 2. The normalized spacial score (nSPS) is 16.1. The first-order chi connectivity index (χ1) is 20.0. The van der Waals surface area contributed by atoms with E-state index in [-0.39, 0.29) is 48.3 Å². The van der Waals surface area contributed by atoms with Crippen LogP contribution in [0.15, 0.2) is 53.4 Å². The highest BCUT2D eigenvalue weighted by Crippen LogP contribution is 2.31. The summed E-state index contributed by atoms with van der Waals surface area (Å²) in [6.07, 6.45) is 1.79. The monoisotopic (exact) mass is 614 g/mol. The highest BCUT2D eigenvalue weighted by molar-refractivity contribution is 7.89. The average Bonchev–Trinajstić information content (AvgIpc) is 3.41. The standard InChI is InChI=1S/C30H38N4O6S2/c1-5-6-21-9-13-24(14-10-21)42(38,39)34-16-15-33(30-32-25(19-40-4)27(41-30)29(36)37)18-26(34)28(35)31-17-22-7-11-23(12-8-22)20(2)3/h7-14,20,26H,5-6,15-19H2,1-4H3,(H,31,35)(H,36,37)/t26-/m1/s1. The number of hydrogen-bond donors (Lipinski definition) is 2. The Morgan fingerprint density at radius 3 is 2.36 bits per heavy atom. The van der Waals surface area contributed by atoms with Gasteiger partial charge in [0, 0.05) is 33.3 Å². The Balaban J connectivity index is 1.61. The summed E-state index contributed by atoms with van der Waals surface area (Å²) < 4.78 is 34.1. The summed E-state index contributed by atoms with van der Waals surface area (Å²) >= 11 is 0.989. The maximum atomic E-state index is 13.8. The number of amides is 1. The summed E-state index contributed by atoms with van der Waals surface area (Å²) in [5, 5.41) is 13.0. The van der Waals surface area contributed by atoms with Crippen LogP contribution in [0.2, 0.25) is 0 Å². The highest BCUT2D eigenvalue weighted by atomic mass is 32.2. The molecule has 1 atom stereocenters. The summed E-state index contributed by atoms with van der Waals surface area (Å²) in [7, 11) is -2.54. The van der Waals surface area contributed by atoms with Crippen molar-refractivity contribution in [1.82, 2.24) is 14.6 Å². The largest absolute Gasteiger partial charge is 0.477 e. The van der Waals surface area contributed by atoms with E-state index in [9.17, 15) is 23.1 Å². The zero-order valence-corrected chi connectivity index (χ0v) is 26.0. The summed E-state index contributed by atoms with van der Waals surface area (Å²) in [4.78, 5) is 31.9. The van der Waals surface area contributed by atoms with E-state index in [1.807, 2.05) is 36.4 Å². The number of rotatable bonds is 12. The molecule has 2 heterocycles. The third kappa shape index (κ3) is 7.17. The molecule has 0 bridgehead atoms. The van der Waals surface area contributed by atoms with Crippen molar-refractivity contribution < 1.29 is 27.9 Å². The van der Waals surface area contributed by atoms with E-state index in [2.05, 4.69) is 31.1 Å². The predicted molar refractivity (Wildman–Crippen MR) is 162 cm³/mol. The van der Waals surface area contributed by atoms with E-state index in [4.69, 9.17) is 4.74 Å². The molecule has 1 aliphatic heterocycles. The molecule has 1 amide bonds. The van der Waals surface area contributed by atoms with E-state index in [0.717, 1.165) is 35.3 Å². The Bertz CT molecular complexity index is 1490. The van der Waals surface area contributed by atoms with Crippen molar-refractivity contribution >= 4 is 38.4 Å². The highest BCUT2D eigenvalue weighted by Gasteiger charge is 2.41. The fourth-order valence-electron chi connectivity index (χ4n) is 4.90. The van der Waals surface area contributed by atoms with Crippen molar-refractivity contribution in [2.75, 3.05) is 31.6 Å². The van der Waals surface area contributed by atoms with Crippen molar-refractivity contribution in [3.8, 4) is 0 Å². The first-order valence-corrected chi connectivity index (χ1v) is 16.2. The van der Waals surface area contributed by atoms with Crippen LogP contribution >= 0.6 is 11.3 Å². The molecule has 0 aliphatic carbocycles. The molecule has 0 radical (unpaired) electrons. The Kier molecular flexibility index (Phi) is 10.4. The number of carboxylic acids is 1. The Morgan fingerprint density at radius 2 is 1.76 bits per heavy atom. The second-order valence-corrected chi connectivity index (χ2v) is 13.5. The van der Waals surface area contributed by atoms with Crippen LogP contribution in [0.25, 0.3) is 0 Å². The van der Waals surface area contributed by atoms with Gasteiger partial charge in [-0.05, 0) is 41.2 Å². The predicted octanol–water partition coefficient (Wildman–Crippen LogP) is 4.26. The summed E-state index contributed by atoms with van der Waals surface area (Å²) in [6, 6.07) is 13.7. The van der Waals surface area contributed by atoms with E-state index >= 15 is 0 Å². The van der Waals surface area contributed by atoms with Crippen molar-refractivity contribution in [2.45, 2.75) is 63.6 Å².